The number of benzene rings is 1. The molecular weight excluding hydrogens is 254 g/mol. The third-order valence-electron chi connectivity index (χ3n) is 3.70. The van der Waals surface area contributed by atoms with Gasteiger partial charge in [-0.1, -0.05) is 6.92 Å². The Labute approximate surface area is 120 Å². The average Bonchev–Trinajstić information content (AvgIpc) is 2.41. The van der Waals surface area contributed by atoms with Crippen LogP contribution in [0.3, 0.4) is 0 Å². The number of amides is 1. The van der Waals surface area contributed by atoms with E-state index in [1.54, 1.807) is 24.3 Å². The quantitative estimate of drug-likeness (QED) is 0.809. The summed E-state index contributed by atoms with van der Waals surface area (Å²) in [6.45, 7) is 4.25. The molecule has 1 aliphatic rings. The van der Waals surface area contributed by atoms with E-state index in [1.807, 2.05) is 0 Å². The standard InChI is InChI=1S/C15H23N3O2/c1-11-9-18(2)8-7-14(11)17-15(19)10-20-13-5-3-12(16)4-6-13/h3-6,11,14H,7-10,16H2,1-2H3,(H,17,19). The largest absolute Gasteiger partial charge is 0.484 e. The molecule has 5 heteroatoms. The minimum atomic E-state index is -0.0665. The highest BCUT2D eigenvalue weighted by Gasteiger charge is 2.25. The van der Waals surface area contributed by atoms with Crippen LogP contribution in [0.1, 0.15) is 13.3 Å². The Morgan fingerprint density at radius 2 is 2.15 bits per heavy atom. The summed E-state index contributed by atoms with van der Waals surface area (Å²) in [6, 6.07) is 7.29. The van der Waals surface area contributed by atoms with Crippen LogP contribution in [0.4, 0.5) is 5.69 Å². The number of nitrogen functional groups attached to an aromatic ring is 1. The van der Waals surface area contributed by atoms with E-state index in [0.717, 1.165) is 19.5 Å². The molecule has 0 spiro atoms. The highest BCUT2D eigenvalue weighted by molar-refractivity contribution is 5.77. The number of nitrogens with zero attached hydrogens (tertiary/aromatic N) is 1. The highest BCUT2D eigenvalue weighted by Crippen LogP contribution is 2.16. The van der Waals surface area contributed by atoms with Crippen molar-refractivity contribution < 1.29 is 9.53 Å². The maximum Gasteiger partial charge on any atom is 0.258 e. The fourth-order valence-corrected chi connectivity index (χ4v) is 2.53. The van der Waals surface area contributed by atoms with Gasteiger partial charge in [0.15, 0.2) is 6.61 Å². The molecular formula is C15H23N3O2. The molecule has 110 valence electrons. The maximum atomic E-state index is 11.9. The molecule has 2 unspecified atom stereocenters. The minimum absolute atomic E-state index is 0.0446. The Hall–Kier alpha value is -1.75. The first-order valence-corrected chi connectivity index (χ1v) is 7.01. The molecule has 1 aliphatic heterocycles. The fourth-order valence-electron chi connectivity index (χ4n) is 2.53. The van der Waals surface area contributed by atoms with Crippen molar-refractivity contribution in [2.45, 2.75) is 19.4 Å². The number of carbonyl (C=O) groups is 1. The predicted octanol–water partition coefficient (Wildman–Crippen LogP) is 1.10. The molecule has 1 saturated heterocycles. The van der Waals surface area contributed by atoms with Crippen LogP contribution in [-0.2, 0) is 4.79 Å². The van der Waals surface area contributed by atoms with E-state index in [-0.39, 0.29) is 18.6 Å². The summed E-state index contributed by atoms with van der Waals surface area (Å²) in [4.78, 5) is 14.2. The average molecular weight is 277 g/mol. The molecule has 3 N–H and O–H groups in total. The van der Waals surface area contributed by atoms with E-state index >= 15 is 0 Å². The Bertz CT molecular complexity index is 447. The fraction of sp³-hybridized carbons (Fsp3) is 0.533. The van der Waals surface area contributed by atoms with Gasteiger partial charge in [0.1, 0.15) is 5.75 Å². The number of likely N-dealkylation sites (tertiary alicyclic amines) is 1. The lowest BCUT2D eigenvalue weighted by Crippen LogP contribution is -2.49. The lowest BCUT2D eigenvalue weighted by molar-refractivity contribution is -0.124. The van der Waals surface area contributed by atoms with Crippen LogP contribution >= 0.6 is 0 Å². The summed E-state index contributed by atoms with van der Waals surface area (Å²) in [6.07, 6.45) is 0.991. The highest BCUT2D eigenvalue weighted by atomic mass is 16.5. The van der Waals surface area contributed by atoms with Crippen molar-refractivity contribution in [1.29, 1.82) is 0 Å². The van der Waals surface area contributed by atoms with Gasteiger partial charge in [-0.3, -0.25) is 4.79 Å². The van der Waals surface area contributed by atoms with Crippen LogP contribution in [0, 0.1) is 5.92 Å². The smallest absolute Gasteiger partial charge is 0.258 e. The van der Waals surface area contributed by atoms with Crippen LogP contribution < -0.4 is 15.8 Å². The molecule has 0 aromatic heterocycles. The number of piperidine rings is 1. The molecule has 5 nitrogen and oxygen atoms in total. The molecule has 0 aliphatic carbocycles. The number of ether oxygens (including phenoxy) is 1. The van der Waals surface area contributed by atoms with E-state index in [1.165, 1.54) is 0 Å². The van der Waals surface area contributed by atoms with E-state index in [0.29, 0.717) is 17.4 Å². The molecule has 0 radical (unpaired) electrons. The summed E-state index contributed by atoms with van der Waals surface area (Å²) in [7, 11) is 2.11. The normalized spacial score (nSPS) is 23.3. The van der Waals surface area contributed by atoms with Crippen molar-refractivity contribution in [3.05, 3.63) is 24.3 Å². The Kier molecular flexibility index (Phi) is 4.84. The van der Waals surface area contributed by atoms with Crippen molar-refractivity contribution >= 4 is 11.6 Å². The molecule has 0 saturated carbocycles. The topological polar surface area (TPSA) is 67.6 Å². The van der Waals surface area contributed by atoms with E-state index in [2.05, 4.69) is 24.2 Å². The zero-order valence-electron chi connectivity index (χ0n) is 12.1. The molecule has 1 fully saturated rings. The first kappa shape index (κ1) is 14.7. The Morgan fingerprint density at radius 3 is 2.80 bits per heavy atom. The van der Waals surface area contributed by atoms with Crippen molar-refractivity contribution in [1.82, 2.24) is 10.2 Å². The van der Waals surface area contributed by atoms with E-state index < -0.39 is 0 Å². The number of nitrogens with one attached hydrogen (secondary N) is 1. The van der Waals surface area contributed by atoms with Crippen LogP contribution in [-0.4, -0.2) is 43.6 Å². The third-order valence-corrected chi connectivity index (χ3v) is 3.70. The van der Waals surface area contributed by atoms with E-state index in [4.69, 9.17) is 10.5 Å². The van der Waals surface area contributed by atoms with Gasteiger partial charge < -0.3 is 20.7 Å². The first-order chi connectivity index (χ1) is 9.54. The molecule has 1 heterocycles. The lowest BCUT2D eigenvalue weighted by Gasteiger charge is -2.35. The maximum absolute atomic E-state index is 11.9. The van der Waals surface area contributed by atoms with Gasteiger partial charge in [0.2, 0.25) is 0 Å². The lowest BCUT2D eigenvalue weighted by atomic mass is 9.94. The van der Waals surface area contributed by atoms with Crippen molar-refractivity contribution in [2.75, 3.05) is 32.5 Å². The first-order valence-electron chi connectivity index (χ1n) is 7.01. The van der Waals surface area contributed by atoms with Gasteiger partial charge in [-0.15, -0.1) is 0 Å². The minimum Gasteiger partial charge on any atom is -0.484 e. The molecule has 2 atom stereocenters. The SMILES string of the molecule is CC1CN(C)CCC1NC(=O)COc1ccc(N)cc1. The zero-order chi connectivity index (χ0) is 14.5. The molecule has 20 heavy (non-hydrogen) atoms. The van der Waals surface area contributed by atoms with Crippen LogP contribution in [0.2, 0.25) is 0 Å². The zero-order valence-corrected chi connectivity index (χ0v) is 12.1. The van der Waals surface area contributed by atoms with Crippen molar-refractivity contribution in [3.8, 4) is 5.75 Å². The number of carbonyl (C=O) groups excluding carboxylic acids is 1. The number of hydrogen-bond donors (Lipinski definition) is 2. The van der Waals surface area contributed by atoms with Gasteiger partial charge in [-0.25, -0.2) is 0 Å². The predicted molar refractivity (Wildman–Crippen MR) is 79.6 cm³/mol. The summed E-state index contributed by atoms with van der Waals surface area (Å²) in [5.41, 5.74) is 6.28. The van der Waals surface area contributed by atoms with Gasteiger partial charge in [-0.2, -0.15) is 0 Å². The number of rotatable bonds is 4. The van der Waals surface area contributed by atoms with Crippen molar-refractivity contribution in [3.63, 3.8) is 0 Å². The number of hydrogen-bond acceptors (Lipinski definition) is 4. The summed E-state index contributed by atoms with van der Waals surface area (Å²) in [5, 5.41) is 3.06. The summed E-state index contributed by atoms with van der Waals surface area (Å²) >= 11 is 0. The van der Waals surface area contributed by atoms with Gasteiger partial charge in [0, 0.05) is 18.3 Å². The van der Waals surface area contributed by atoms with Gasteiger partial charge in [0.25, 0.3) is 5.91 Å². The Morgan fingerprint density at radius 1 is 1.45 bits per heavy atom. The molecule has 0 bridgehead atoms. The van der Waals surface area contributed by atoms with Crippen LogP contribution in [0.15, 0.2) is 24.3 Å². The number of anilines is 1. The van der Waals surface area contributed by atoms with Gasteiger partial charge in [-0.05, 0) is 50.2 Å². The number of nitrogens with two attached hydrogens (primary N) is 1. The Balaban J connectivity index is 1.76. The van der Waals surface area contributed by atoms with Crippen LogP contribution in [0.25, 0.3) is 0 Å². The van der Waals surface area contributed by atoms with E-state index in [9.17, 15) is 4.79 Å². The summed E-state index contributed by atoms with van der Waals surface area (Å²) < 4.78 is 5.44. The second-order valence-electron chi connectivity index (χ2n) is 5.56. The second kappa shape index (κ2) is 6.61. The molecule has 1 aromatic rings. The third kappa shape index (κ3) is 4.13. The van der Waals surface area contributed by atoms with Crippen LogP contribution in [0.5, 0.6) is 5.75 Å². The van der Waals surface area contributed by atoms with Gasteiger partial charge >= 0.3 is 0 Å². The monoisotopic (exact) mass is 277 g/mol. The van der Waals surface area contributed by atoms with Gasteiger partial charge in [0.05, 0.1) is 0 Å². The second-order valence-corrected chi connectivity index (χ2v) is 5.56. The molecule has 1 amide bonds. The molecule has 2 rings (SSSR count). The molecule has 1 aromatic carbocycles. The van der Waals surface area contributed by atoms with Crippen molar-refractivity contribution in [2.24, 2.45) is 5.92 Å². The summed E-state index contributed by atoms with van der Waals surface area (Å²) in [5.74, 6) is 1.06.